The first-order valence-electron chi connectivity index (χ1n) is 13.1. The number of hydrogen-bond donors (Lipinski definition) is 2. The Hall–Kier alpha value is -4.65. The van der Waals surface area contributed by atoms with Gasteiger partial charge < -0.3 is 25.2 Å². The van der Waals surface area contributed by atoms with Crippen molar-refractivity contribution in [2.75, 3.05) is 35.2 Å². The van der Waals surface area contributed by atoms with Gasteiger partial charge in [-0.2, -0.15) is 0 Å². The van der Waals surface area contributed by atoms with E-state index in [1.165, 1.54) is 0 Å². The van der Waals surface area contributed by atoms with E-state index in [2.05, 4.69) is 60.2 Å². The molecular weight excluding hydrogens is 490 g/mol. The van der Waals surface area contributed by atoms with Crippen LogP contribution in [0.4, 0.5) is 17.3 Å². The summed E-state index contributed by atoms with van der Waals surface area (Å²) in [6.07, 6.45) is 2.67. The number of nitrogens with two attached hydrogens (primary N) is 1. The third kappa shape index (κ3) is 5.48. The van der Waals surface area contributed by atoms with Gasteiger partial charge in [0.15, 0.2) is 5.82 Å². The number of nitrogens with zero attached hydrogens (tertiary/aromatic N) is 8. The highest BCUT2D eigenvalue weighted by Crippen LogP contribution is 2.32. The molecule has 1 fully saturated rings. The summed E-state index contributed by atoms with van der Waals surface area (Å²) in [7, 11) is 0. The molecule has 10 heteroatoms. The standard InChI is InChI=1S/C29H33N9O/c1-19-12-15-36(25-18-24(34-35-29(25)30)23-8-5-6-9-26(23)39)16-17-37(19)28-11-13-31-27(33-28)10-7-14-38-21(3)20(2)32-22(38)4/h5-6,8-9,11,13,18-19,39H,12,14-17H2,1-4H3,(H2,30,35)/t19-/m1/s1. The first-order chi connectivity index (χ1) is 18.8. The molecule has 0 bridgehead atoms. The van der Waals surface area contributed by atoms with Crippen LogP contribution in [0.25, 0.3) is 11.3 Å². The molecule has 4 heterocycles. The van der Waals surface area contributed by atoms with Crippen LogP contribution in [0.3, 0.4) is 0 Å². The highest BCUT2D eigenvalue weighted by atomic mass is 16.3. The van der Waals surface area contributed by atoms with Crippen LogP contribution in [0.5, 0.6) is 5.75 Å². The van der Waals surface area contributed by atoms with Gasteiger partial charge in [-0.1, -0.05) is 18.1 Å². The summed E-state index contributed by atoms with van der Waals surface area (Å²) in [6, 6.07) is 11.2. The Morgan fingerprint density at radius 1 is 1.05 bits per heavy atom. The summed E-state index contributed by atoms with van der Waals surface area (Å²) in [5.41, 5.74) is 10.4. The number of anilines is 3. The topological polar surface area (TPSA) is 122 Å². The van der Waals surface area contributed by atoms with Crippen LogP contribution < -0.4 is 15.5 Å². The van der Waals surface area contributed by atoms with E-state index in [-0.39, 0.29) is 11.8 Å². The molecule has 39 heavy (non-hydrogen) atoms. The van der Waals surface area contributed by atoms with Crippen molar-refractivity contribution in [2.24, 2.45) is 0 Å². The van der Waals surface area contributed by atoms with E-state index >= 15 is 0 Å². The number of aromatic nitrogens is 6. The number of nitrogen functional groups attached to an aromatic ring is 1. The van der Waals surface area contributed by atoms with Gasteiger partial charge in [-0.15, -0.1) is 10.2 Å². The van der Waals surface area contributed by atoms with Gasteiger partial charge in [0.1, 0.15) is 17.4 Å². The average Bonchev–Trinajstić information content (AvgIpc) is 3.05. The second-order valence-electron chi connectivity index (χ2n) is 9.79. The maximum Gasteiger partial charge on any atom is 0.206 e. The summed E-state index contributed by atoms with van der Waals surface area (Å²) in [6.45, 7) is 11.1. The number of phenolic OH excluding ortho intramolecular Hbond substituents is 1. The second-order valence-corrected chi connectivity index (χ2v) is 9.79. The third-order valence-electron chi connectivity index (χ3n) is 7.30. The molecule has 5 rings (SSSR count). The first kappa shape index (κ1) is 26.0. The molecule has 0 aliphatic carbocycles. The lowest BCUT2D eigenvalue weighted by atomic mass is 10.1. The number of para-hydroxylation sites is 1. The number of imidazole rings is 1. The normalized spacial score (nSPS) is 15.5. The molecule has 0 saturated carbocycles. The molecular formula is C29H33N9O. The second kappa shape index (κ2) is 11.0. The van der Waals surface area contributed by atoms with Crippen LogP contribution in [0, 0.1) is 32.6 Å². The van der Waals surface area contributed by atoms with Crippen molar-refractivity contribution in [2.45, 2.75) is 46.7 Å². The first-order valence-corrected chi connectivity index (χ1v) is 13.1. The van der Waals surface area contributed by atoms with Gasteiger partial charge in [-0.05, 0) is 64.3 Å². The van der Waals surface area contributed by atoms with Crippen LogP contribution >= 0.6 is 0 Å². The van der Waals surface area contributed by atoms with Gasteiger partial charge in [0, 0.05) is 43.1 Å². The van der Waals surface area contributed by atoms with Crippen LogP contribution in [0.2, 0.25) is 0 Å². The van der Waals surface area contributed by atoms with Crippen molar-refractivity contribution in [1.82, 2.24) is 29.7 Å². The Kier molecular flexibility index (Phi) is 7.32. The van der Waals surface area contributed by atoms with Crippen molar-refractivity contribution in [3.63, 3.8) is 0 Å². The number of aryl methyl sites for hydroxylation is 2. The fourth-order valence-corrected chi connectivity index (χ4v) is 4.93. The van der Waals surface area contributed by atoms with Gasteiger partial charge in [0.25, 0.3) is 0 Å². The summed E-state index contributed by atoms with van der Waals surface area (Å²) >= 11 is 0. The Balaban J connectivity index is 1.33. The molecule has 4 aromatic rings. The van der Waals surface area contributed by atoms with E-state index in [1.807, 2.05) is 38.1 Å². The minimum Gasteiger partial charge on any atom is -0.507 e. The zero-order valence-corrected chi connectivity index (χ0v) is 22.8. The fraction of sp³-hybridized carbons (Fsp3) is 0.345. The smallest absolute Gasteiger partial charge is 0.206 e. The zero-order chi connectivity index (χ0) is 27.5. The molecule has 10 nitrogen and oxygen atoms in total. The molecule has 0 unspecified atom stereocenters. The monoisotopic (exact) mass is 523 g/mol. The van der Waals surface area contributed by atoms with E-state index < -0.39 is 0 Å². The Labute approximate surface area is 228 Å². The Morgan fingerprint density at radius 3 is 2.64 bits per heavy atom. The molecule has 0 radical (unpaired) electrons. The largest absolute Gasteiger partial charge is 0.507 e. The lowest BCUT2D eigenvalue weighted by Crippen LogP contribution is -2.35. The molecule has 0 spiro atoms. The summed E-state index contributed by atoms with van der Waals surface area (Å²) in [5, 5.41) is 18.7. The fourth-order valence-electron chi connectivity index (χ4n) is 4.93. The van der Waals surface area contributed by atoms with E-state index in [0.29, 0.717) is 29.4 Å². The van der Waals surface area contributed by atoms with Crippen LogP contribution in [0.15, 0.2) is 42.6 Å². The zero-order valence-electron chi connectivity index (χ0n) is 22.8. The van der Waals surface area contributed by atoms with E-state index in [0.717, 1.165) is 54.8 Å². The predicted octanol–water partition coefficient (Wildman–Crippen LogP) is 3.50. The van der Waals surface area contributed by atoms with Crippen molar-refractivity contribution < 1.29 is 5.11 Å². The summed E-state index contributed by atoms with van der Waals surface area (Å²) in [5.74, 6) is 9.16. The molecule has 1 aromatic carbocycles. The molecule has 1 aliphatic rings. The molecule has 3 aromatic heterocycles. The van der Waals surface area contributed by atoms with Crippen molar-refractivity contribution in [3.05, 3.63) is 65.6 Å². The maximum atomic E-state index is 10.3. The van der Waals surface area contributed by atoms with Gasteiger partial charge in [0.2, 0.25) is 5.82 Å². The third-order valence-corrected chi connectivity index (χ3v) is 7.30. The minimum absolute atomic E-state index is 0.159. The summed E-state index contributed by atoms with van der Waals surface area (Å²) < 4.78 is 2.10. The van der Waals surface area contributed by atoms with E-state index in [1.54, 1.807) is 18.3 Å². The van der Waals surface area contributed by atoms with Crippen LogP contribution in [-0.2, 0) is 6.54 Å². The van der Waals surface area contributed by atoms with Gasteiger partial charge >= 0.3 is 0 Å². The van der Waals surface area contributed by atoms with E-state index in [4.69, 9.17) is 10.7 Å². The highest BCUT2D eigenvalue weighted by molar-refractivity contribution is 5.74. The van der Waals surface area contributed by atoms with Crippen molar-refractivity contribution in [3.8, 4) is 28.8 Å². The Bertz CT molecular complexity index is 1550. The quantitative estimate of drug-likeness (QED) is 0.387. The SMILES string of the molecule is Cc1nc(C)n(CC#Cc2nccc(N3CCN(c4cc(-c5ccccc5O)nnc4N)CC[C@H]3C)n2)c1C. The highest BCUT2D eigenvalue weighted by Gasteiger charge is 2.24. The molecule has 1 atom stereocenters. The average molecular weight is 524 g/mol. The van der Waals surface area contributed by atoms with Gasteiger partial charge in [0.05, 0.1) is 23.6 Å². The maximum absolute atomic E-state index is 10.3. The van der Waals surface area contributed by atoms with Gasteiger partial charge in [-0.3, -0.25) is 0 Å². The molecule has 1 aliphatic heterocycles. The lowest BCUT2D eigenvalue weighted by molar-refractivity contribution is 0.477. The van der Waals surface area contributed by atoms with Crippen molar-refractivity contribution in [1.29, 1.82) is 0 Å². The predicted molar refractivity (Wildman–Crippen MR) is 153 cm³/mol. The molecule has 0 amide bonds. The van der Waals surface area contributed by atoms with Crippen LogP contribution in [0.1, 0.15) is 36.4 Å². The van der Waals surface area contributed by atoms with E-state index in [9.17, 15) is 5.11 Å². The number of aromatic hydroxyl groups is 1. The number of phenols is 1. The number of benzene rings is 1. The lowest BCUT2D eigenvalue weighted by Gasteiger charge is -2.28. The minimum atomic E-state index is 0.159. The number of rotatable bonds is 4. The van der Waals surface area contributed by atoms with Crippen molar-refractivity contribution >= 4 is 17.3 Å². The molecule has 1 saturated heterocycles. The summed E-state index contributed by atoms with van der Waals surface area (Å²) in [4.78, 5) is 18.2. The Morgan fingerprint density at radius 2 is 1.87 bits per heavy atom. The van der Waals surface area contributed by atoms with Crippen LogP contribution in [-0.4, -0.2) is 60.5 Å². The molecule has 3 N–H and O–H groups in total. The number of hydrogen-bond acceptors (Lipinski definition) is 9. The molecule has 200 valence electrons. The van der Waals surface area contributed by atoms with Gasteiger partial charge in [-0.25, -0.2) is 15.0 Å².